The molecule has 0 aliphatic heterocycles. The maximum absolute atomic E-state index is 12.9. The number of aryl methyl sites for hydroxylation is 2. The summed E-state index contributed by atoms with van der Waals surface area (Å²) in [6.45, 7) is 3.58. The van der Waals surface area contributed by atoms with Gasteiger partial charge in [0.2, 0.25) is 0 Å². The van der Waals surface area contributed by atoms with Gasteiger partial charge < -0.3 is 4.74 Å². The Kier molecular flexibility index (Phi) is 6.01. The first-order valence-corrected chi connectivity index (χ1v) is 11.7. The fourth-order valence-corrected chi connectivity index (χ4v) is 4.00. The first-order valence-electron chi connectivity index (χ1n) is 8.85. The highest BCUT2D eigenvalue weighted by Crippen LogP contribution is 2.31. The van der Waals surface area contributed by atoms with Gasteiger partial charge in [0.25, 0.3) is 20.2 Å². The standard InChI is InChI=1S/C21H18O8S2/c1-13-3-4-14(2)18(11-13)21(22)15-5-10-19(20(12-15)31(26,27)28)29-16-6-8-17(9-7-16)30(23,24)25/h3-12H,1-2H3,(H,23,24,25)(H,26,27,28). The molecule has 162 valence electrons. The second-order valence-corrected chi connectivity index (χ2v) is 9.64. The topological polar surface area (TPSA) is 135 Å². The van der Waals surface area contributed by atoms with Gasteiger partial charge in [0.15, 0.2) is 5.78 Å². The van der Waals surface area contributed by atoms with E-state index in [1.165, 1.54) is 24.3 Å². The van der Waals surface area contributed by atoms with Gasteiger partial charge in [-0.1, -0.05) is 17.7 Å². The molecule has 8 nitrogen and oxygen atoms in total. The van der Waals surface area contributed by atoms with Gasteiger partial charge in [-0.15, -0.1) is 0 Å². The fraction of sp³-hybridized carbons (Fsp3) is 0.0952. The van der Waals surface area contributed by atoms with Crippen molar-refractivity contribution in [1.82, 2.24) is 0 Å². The van der Waals surface area contributed by atoms with Crippen LogP contribution in [0.5, 0.6) is 11.5 Å². The van der Waals surface area contributed by atoms with Crippen molar-refractivity contribution in [2.45, 2.75) is 23.6 Å². The summed E-state index contributed by atoms with van der Waals surface area (Å²) in [7, 11) is -9.16. The molecule has 0 aliphatic rings. The van der Waals surface area contributed by atoms with Gasteiger partial charge in [-0.2, -0.15) is 16.8 Å². The number of ketones is 1. The summed E-state index contributed by atoms with van der Waals surface area (Å²) in [6.07, 6.45) is 0. The second kappa shape index (κ2) is 8.23. The lowest BCUT2D eigenvalue weighted by atomic mass is 9.97. The molecule has 0 unspecified atom stereocenters. The van der Waals surface area contributed by atoms with Gasteiger partial charge in [-0.3, -0.25) is 13.9 Å². The summed E-state index contributed by atoms with van der Waals surface area (Å²) < 4.78 is 70.2. The van der Waals surface area contributed by atoms with Crippen molar-refractivity contribution in [2.75, 3.05) is 0 Å². The molecule has 0 aromatic heterocycles. The molecular weight excluding hydrogens is 444 g/mol. The van der Waals surface area contributed by atoms with E-state index in [0.717, 1.165) is 23.8 Å². The van der Waals surface area contributed by atoms with E-state index >= 15 is 0 Å². The molecule has 0 atom stereocenters. The molecule has 0 amide bonds. The highest BCUT2D eigenvalue weighted by molar-refractivity contribution is 7.86. The van der Waals surface area contributed by atoms with Crippen LogP contribution < -0.4 is 4.74 Å². The average molecular weight is 463 g/mol. The molecule has 3 aromatic carbocycles. The van der Waals surface area contributed by atoms with E-state index in [1.54, 1.807) is 19.1 Å². The Balaban J connectivity index is 2.01. The van der Waals surface area contributed by atoms with Crippen LogP contribution in [0.15, 0.2) is 70.5 Å². The lowest BCUT2D eigenvalue weighted by Crippen LogP contribution is -2.08. The monoisotopic (exact) mass is 462 g/mol. The summed E-state index contributed by atoms with van der Waals surface area (Å²) in [6, 6.07) is 13.4. The van der Waals surface area contributed by atoms with Crippen LogP contribution in [-0.4, -0.2) is 31.7 Å². The Morgan fingerprint density at radius 3 is 2.03 bits per heavy atom. The minimum Gasteiger partial charge on any atom is -0.456 e. The molecule has 31 heavy (non-hydrogen) atoms. The number of carbonyl (C=O) groups is 1. The zero-order valence-electron chi connectivity index (χ0n) is 16.4. The minimum absolute atomic E-state index is 0.0374. The second-order valence-electron chi connectivity index (χ2n) is 6.83. The zero-order chi connectivity index (χ0) is 23.0. The average Bonchev–Trinajstić information content (AvgIpc) is 2.68. The molecule has 10 heteroatoms. The lowest BCUT2D eigenvalue weighted by molar-refractivity contribution is 0.103. The van der Waals surface area contributed by atoms with Crippen LogP contribution in [-0.2, 0) is 20.2 Å². The first kappa shape index (κ1) is 22.6. The molecule has 0 saturated carbocycles. The maximum atomic E-state index is 12.9. The molecule has 3 aromatic rings. The summed E-state index contributed by atoms with van der Waals surface area (Å²) in [5.41, 5.74) is 2.01. The van der Waals surface area contributed by atoms with Crippen LogP contribution >= 0.6 is 0 Å². The van der Waals surface area contributed by atoms with Crippen molar-refractivity contribution in [3.63, 3.8) is 0 Å². The smallest absolute Gasteiger partial charge is 0.298 e. The van der Waals surface area contributed by atoms with Gasteiger partial charge in [0, 0.05) is 11.1 Å². The predicted octanol–water partition coefficient (Wildman–Crippen LogP) is 3.82. The molecule has 0 heterocycles. The van der Waals surface area contributed by atoms with Crippen molar-refractivity contribution in [1.29, 1.82) is 0 Å². The molecule has 0 bridgehead atoms. The fourth-order valence-electron chi connectivity index (χ4n) is 2.88. The quantitative estimate of drug-likeness (QED) is 0.417. The molecule has 0 saturated heterocycles. The maximum Gasteiger partial charge on any atom is 0.298 e. The van der Waals surface area contributed by atoms with E-state index < -0.39 is 30.9 Å². The van der Waals surface area contributed by atoms with E-state index in [1.807, 2.05) is 13.0 Å². The van der Waals surface area contributed by atoms with Gasteiger partial charge in [-0.05, 0) is 67.9 Å². The number of ether oxygens (including phenoxy) is 1. The van der Waals surface area contributed by atoms with E-state index in [2.05, 4.69) is 0 Å². The van der Waals surface area contributed by atoms with Crippen molar-refractivity contribution in [3.8, 4) is 11.5 Å². The molecule has 0 aliphatic carbocycles. The highest BCUT2D eigenvalue weighted by Gasteiger charge is 2.22. The number of hydrogen-bond donors (Lipinski definition) is 2. The van der Waals surface area contributed by atoms with Gasteiger partial charge >= 0.3 is 0 Å². The summed E-state index contributed by atoms with van der Waals surface area (Å²) in [5.74, 6) is -0.638. The molecule has 2 N–H and O–H groups in total. The van der Waals surface area contributed by atoms with Gasteiger partial charge in [0.05, 0.1) is 4.90 Å². The van der Waals surface area contributed by atoms with Gasteiger partial charge in [0.1, 0.15) is 16.4 Å². The third-order valence-corrected chi connectivity index (χ3v) is 6.21. The van der Waals surface area contributed by atoms with Gasteiger partial charge in [-0.25, -0.2) is 0 Å². The van der Waals surface area contributed by atoms with E-state index in [4.69, 9.17) is 9.29 Å². The van der Waals surface area contributed by atoms with Crippen LogP contribution in [0.2, 0.25) is 0 Å². The largest absolute Gasteiger partial charge is 0.456 e. The van der Waals surface area contributed by atoms with E-state index in [9.17, 15) is 26.2 Å². The van der Waals surface area contributed by atoms with Crippen molar-refractivity contribution in [3.05, 3.63) is 82.9 Å². The zero-order valence-corrected chi connectivity index (χ0v) is 18.1. The Morgan fingerprint density at radius 1 is 0.806 bits per heavy atom. The number of hydrogen-bond acceptors (Lipinski definition) is 6. The van der Waals surface area contributed by atoms with Crippen LogP contribution in [0.3, 0.4) is 0 Å². The predicted molar refractivity (Wildman–Crippen MR) is 112 cm³/mol. The molecule has 3 rings (SSSR count). The summed E-state index contributed by atoms with van der Waals surface area (Å²) >= 11 is 0. The Bertz CT molecular complexity index is 1370. The van der Waals surface area contributed by atoms with Crippen molar-refractivity contribution in [2.24, 2.45) is 0 Å². The van der Waals surface area contributed by atoms with Crippen LogP contribution in [0.4, 0.5) is 0 Å². The Hall–Kier alpha value is -3.05. The third-order valence-electron chi connectivity index (χ3n) is 4.47. The van der Waals surface area contributed by atoms with Crippen LogP contribution in [0.1, 0.15) is 27.0 Å². The molecular formula is C21H18O8S2. The highest BCUT2D eigenvalue weighted by atomic mass is 32.2. The van der Waals surface area contributed by atoms with E-state index in [0.29, 0.717) is 11.1 Å². The van der Waals surface area contributed by atoms with Crippen LogP contribution in [0, 0.1) is 13.8 Å². The minimum atomic E-state index is -4.75. The Labute approximate surface area is 179 Å². The lowest BCUT2D eigenvalue weighted by Gasteiger charge is -2.12. The molecule has 0 fully saturated rings. The Morgan fingerprint density at radius 2 is 1.45 bits per heavy atom. The normalized spacial score (nSPS) is 11.9. The number of rotatable bonds is 6. The number of benzene rings is 3. The van der Waals surface area contributed by atoms with E-state index in [-0.39, 0.29) is 22.0 Å². The molecule has 0 spiro atoms. The third kappa shape index (κ3) is 5.17. The van der Waals surface area contributed by atoms with Crippen molar-refractivity contribution < 1.29 is 35.5 Å². The number of carbonyl (C=O) groups excluding carboxylic acids is 1. The summed E-state index contributed by atoms with van der Waals surface area (Å²) in [5, 5.41) is 0. The first-order chi connectivity index (χ1) is 14.4. The van der Waals surface area contributed by atoms with Crippen molar-refractivity contribution >= 4 is 26.0 Å². The van der Waals surface area contributed by atoms with Crippen LogP contribution in [0.25, 0.3) is 0 Å². The SMILES string of the molecule is Cc1ccc(C)c(C(=O)c2ccc(Oc3ccc(S(=O)(=O)O)cc3)c(S(=O)(=O)O)c2)c1. The summed E-state index contributed by atoms with van der Waals surface area (Å²) in [4.78, 5) is 11.9. The molecule has 0 radical (unpaired) electrons.